The maximum atomic E-state index is 10.6. The van der Waals surface area contributed by atoms with Crippen LogP contribution in [-0.4, -0.2) is 11.3 Å². The Balaban J connectivity index is 2.02. The van der Waals surface area contributed by atoms with E-state index in [-0.39, 0.29) is 0 Å². The van der Waals surface area contributed by atoms with Crippen LogP contribution in [0.2, 0.25) is 0 Å². The van der Waals surface area contributed by atoms with Gasteiger partial charge in [0.05, 0.1) is 0 Å². The second-order valence-corrected chi connectivity index (χ2v) is 4.36. The third-order valence-corrected chi connectivity index (χ3v) is 2.92. The Morgan fingerprint density at radius 2 is 2.11 bits per heavy atom. The van der Waals surface area contributed by atoms with E-state index in [4.69, 9.17) is 8.83 Å². The van der Waals surface area contributed by atoms with Crippen LogP contribution >= 0.6 is 0 Å². The molecule has 19 heavy (non-hydrogen) atoms. The van der Waals surface area contributed by atoms with Crippen molar-refractivity contribution in [3.8, 4) is 11.3 Å². The summed E-state index contributed by atoms with van der Waals surface area (Å²) in [6.07, 6.45) is 2.52. The number of carbonyl (C=O) groups excluding carboxylic acids is 1. The fraction of sp³-hybridized carbons (Fsp3) is 0.200. The van der Waals surface area contributed by atoms with Crippen molar-refractivity contribution in [2.75, 3.05) is 0 Å². The lowest BCUT2D eigenvalue weighted by Gasteiger charge is -1.95. The molecule has 0 radical (unpaired) electrons. The number of aryl methyl sites for hydroxylation is 1. The minimum absolute atomic E-state index is 0.319. The third-order valence-electron chi connectivity index (χ3n) is 2.92. The van der Waals surface area contributed by atoms with Crippen LogP contribution < -0.4 is 0 Å². The summed E-state index contributed by atoms with van der Waals surface area (Å²) in [5.74, 6) is 1.72. The lowest BCUT2D eigenvalue weighted by atomic mass is 10.1. The van der Waals surface area contributed by atoms with Crippen molar-refractivity contribution in [3.05, 3.63) is 42.0 Å². The van der Waals surface area contributed by atoms with Gasteiger partial charge < -0.3 is 8.83 Å². The maximum absolute atomic E-state index is 10.6. The molecule has 0 aliphatic rings. The summed E-state index contributed by atoms with van der Waals surface area (Å²) >= 11 is 0. The minimum Gasteiger partial charge on any atom is -0.453 e. The molecule has 3 rings (SSSR count). The lowest BCUT2D eigenvalue weighted by molar-refractivity contribution is 0.110. The molecule has 4 nitrogen and oxygen atoms in total. The molecule has 0 fully saturated rings. The fourth-order valence-corrected chi connectivity index (χ4v) is 2.02. The average Bonchev–Trinajstić information content (AvgIpc) is 3.04. The molecule has 0 N–H and O–H groups in total. The Bertz CT molecular complexity index is 724. The highest BCUT2D eigenvalue weighted by atomic mass is 16.4. The number of hydrogen-bond acceptors (Lipinski definition) is 4. The number of benzene rings is 1. The zero-order valence-electron chi connectivity index (χ0n) is 10.6. The quantitative estimate of drug-likeness (QED) is 0.664. The Morgan fingerprint density at radius 3 is 2.84 bits per heavy atom. The van der Waals surface area contributed by atoms with Gasteiger partial charge in [0.15, 0.2) is 23.5 Å². The van der Waals surface area contributed by atoms with Crippen LogP contribution in [0.15, 0.2) is 39.2 Å². The van der Waals surface area contributed by atoms with E-state index in [1.54, 1.807) is 12.1 Å². The number of fused-ring (bicyclic) bond motifs is 1. The molecule has 0 saturated heterocycles. The zero-order chi connectivity index (χ0) is 13.2. The van der Waals surface area contributed by atoms with Crippen molar-refractivity contribution in [1.82, 2.24) is 4.98 Å². The Labute approximate surface area is 110 Å². The van der Waals surface area contributed by atoms with E-state index in [2.05, 4.69) is 11.9 Å². The molecule has 3 aromatic rings. The predicted octanol–water partition coefficient (Wildman–Crippen LogP) is 3.85. The summed E-state index contributed by atoms with van der Waals surface area (Å²) in [5.41, 5.74) is 2.46. The summed E-state index contributed by atoms with van der Waals surface area (Å²) in [6, 6.07) is 9.11. The van der Waals surface area contributed by atoms with Crippen LogP contribution in [0.4, 0.5) is 0 Å². The smallest absolute Gasteiger partial charge is 0.195 e. The van der Waals surface area contributed by atoms with E-state index in [1.807, 2.05) is 18.2 Å². The van der Waals surface area contributed by atoms with Gasteiger partial charge in [0, 0.05) is 12.0 Å². The first-order chi connectivity index (χ1) is 9.30. The van der Waals surface area contributed by atoms with Gasteiger partial charge >= 0.3 is 0 Å². The maximum Gasteiger partial charge on any atom is 0.195 e. The van der Waals surface area contributed by atoms with Crippen molar-refractivity contribution in [3.63, 3.8) is 0 Å². The highest BCUT2D eigenvalue weighted by Gasteiger charge is 2.09. The van der Waals surface area contributed by atoms with Crippen molar-refractivity contribution >= 4 is 17.4 Å². The molecule has 0 atom stereocenters. The molecule has 1 aromatic carbocycles. The highest BCUT2D eigenvalue weighted by molar-refractivity contribution is 5.80. The predicted molar refractivity (Wildman–Crippen MR) is 71.1 cm³/mol. The number of oxazole rings is 1. The van der Waals surface area contributed by atoms with E-state index in [0.717, 1.165) is 35.4 Å². The van der Waals surface area contributed by atoms with E-state index in [9.17, 15) is 4.79 Å². The van der Waals surface area contributed by atoms with Crippen LogP contribution in [0.25, 0.3) is 22.4 Å². The standard InChI is InChI=1S/C15H13NO3/c1-2-3-15-16-12-6-4-10(8-14(12)19-15)13-7-5-11(9-17)18-13/h4-9H,2-3H2,1H3. The molecule has 2 aromatic heterocycles. The molecule has 0 aliphatic heterocycles. The molecule has 0 spiro atoms. The van der Waals surface area contributed by atoms with Gasteiger partial charge in [-0.1, -0.05) is 6.92 Å². The first kappa shape index (κ1) is 11.7. The topological polar surface area (TPSA) is 56.2 Å². The highest BCUT2D eigenvalue weighted by Crippen LogP contribution is 2.26. The van der Waals surface area contributed by atoms with Crippen LogP contribution in [0.3, 0.4) is 0 Å². The molecule has 4 heteroatoms. The second-order valence-electron chi connectivity index (χ2n) is 4.36. The Kier molecular flexibility index (Phi) is 2.91. The Hall–Kier alpha value is -2.36. The fourth-order valence-electron chi connectivity index (χ4n) is 2.02. The summed E-state index contributed by atoms with van der Waals surface area (Å²) in [5, 5.41) is 0. The molecular formula is C15H13NO3. The van der Waals surface area contributed by atoms with Gasteiger partial charge in [-0.15, -0.1) is 0 Å². The molecule has 0 saturated carbocycles. The average molecular weight is 255 g/mol. The van der Waals surface area contributed by atoms with Gasteiger partial charge in [-0.05, 0) is 36.8 Å². The number of hydrogen-bond donors (Lipinski definition) is 0. The van der Waals surface area contributed by atoms with E-state index in [1.165, 1.54) is 0 Å². The van der Waals surface area contributed by atoms with E-state index in [0.29, 0.717) is 17.8 Å². The molecule has 0 bridgehead atoms. The molecule has 96 valence electrons. The van der Waals surface area contributed by atoms with Crippen LogP contribution in [0, 0.1) is 0 Å². The molecule has 0 amide bonds. The number of carbonyl (C=O) groups is 1. The summed E-state index contributed by atoms with van der Waals surface area (Å²) in [4.78, 5) is 15.0. The van der Waals surface area contributed by atoms with Crippen molar-refractivity contribution in [1.29, 1.82) is 0 Å². The summed E-state index contributed by atoms with van der Waals surface area (Å²) < 4.78 is 11.1. The van der Waals surface area contributed by atoms with E-state index >= 15 is 0 Å². The number of nitrogens with zero attached hydrogens (tertiary/aromatic N) is 1. The molecule has 0 aliphatic carbocycles. The van der Waals surface area contributed by atoms with E-state index < -0.39 is 0 Å². The molecule has 2 heterocycles. The van der Waals surface area contributed by atoms with Crippen LogP contribution in [0.1, 0.15) is 29.8 Å². The third kappa shape index (κ3) is 2.17. The second kappa shape index (κ2) is 4.72. The van der Waals surface area contributed by atoms with Crippen molar-refractivity contribution < 1.29 is 13.6 Å². The zero-order valence-corrected chi connectivity index (χ0v) is 10.6. The summed E-state index contributed by atoms with van der Waals surface area (Å²) in [6.45, 7) is 2.09. The van der Waals surface area contributed by atoms with Crippen LogP contribution in [-0.2, 0) is 6.42 Å². The largest absolute Gasteiger partial charge is 0.453 e. The summed E-state index contributed by atoms with van der Waals surface area (Å²) in [7, 11) is 0. The van der Waals surface area contributed by atoms with Gasteiger partial charge in [-0.2, -0.15) is 0 Å². The monoisotopic (exact) mass is 255 g/mol. The normalized spacial score (nSPS) is 11.0. The van der Waals surface area contributed by atoms with Gasteiger partial charge in [0.2, 0.25) is 0 Å². The number of furan rings is 1. The van der Waals surface area contributed by atoms with Gasteiger partial charge in [0.1, 0.15) is 11.3 Å². The molecule has 0 unspecified atom stereocenters. The first-order valence-electron chi connectivity index (χ1n) is 6.25. The minimum atomic E-state index is 0.319. The first-order valence-corrected chi connectivity index (χ1v) is 6.25. The van der Waals surface area contributed by atoms with Crippen molar-refractivity contribution in [2.45, 2.75) is 19.8 Å². The SMILES string of the molecule is CCCc1nc2ccc(-c3ccc(C=O)o3)cc2o1. The Morgan fingerprint density at radius 1 is 1.21 bits per heavy atom. The lowest BCUT2D eigenvalue weighted by Crippen LogP contribution is -1.79. The number of rotatable bonds is 4. The van der Waals surface area contributed by atoms with Crippen molar-refractivity contribution in [2.24, 2.45) is 0 Å². The number of aldehydes is 1. The van der Waals surface area contributed by atoms with Gasteiger partial charge in [-0.3, -0.25) is 4.79 Å². The van der Waals surface area contributed by atoms with Crippen LogP contribution in [0.5, 0.6) is 0 Å². The van der Waals surface area contributed by atoms with Gasteiger partial charge in [0.25, 0.3) is 0 Å². The van der Waals surface area contributed by atoms with Gasteiger partial charge in [-0.25, -0.2) is 4.98 Å². The number of aromatic nitrogens is 1. The molecular weight excluding hydrogens is 242 g/mol.